The minimum atomic E-state index is -2.72. The zero-order chi connectivity index (χ0) is 47.5. The molecule has 0 aromatic heterocycles. The first-order valence-electron chi connectivity index (χ1n) is 22.0. The first kappa shape index (κ1) is 44.3. The van der Waals surface area contributed by atoms with Gasteiger partial charge in [0.1, 0.15) is 65.2 Å². The number of phenols is 2. The first-order valence-corrected chi connectivity index (χ1v) is 22.0. The third kappa shape index (κ3) is 7.58. The number of carboxylic acids is 1. The van der Waals surface area contributed by atoms with Crippen molar-refractivity contribution in [2.24, 2.45) is 20.9 Å². The van der Waals surface area contributed by atoms with Crippen LogP contribution in [0.3, 0.4) is 0 Å². The van der Waals surface area contributed by atoms with Gasteiger partial charge in [-0.3, -0.25) is 10.4 Å². The third-order valence-corrected chi connectivity index (χ3v) is 13.1. The summed E-state index contributed by atoms with van der Waals surface area (Å²) >= 11 is 0. The number of aliphatic carboxylic acids is 1. The van der Waals surface area contributed by atoms with E-state index in [4.69, 9.17) is 29.1 Å². The van der Waals surface area contributed by atoms with Crippen molar-refractivity contribution in [3.05, 3.63) is 142 Å². The summed E-state index contributed by atoms with van der Waals surface area (Å²) in [6.45, 7) is 1.95. The molecule has 68 heavy (non-hydrogen) atoms. The minimum Gasteiger partial charge on any atom is -0.508 e. The highest BCUT2D eigenvalue weighted by atomic mass is 16.7. The number of rotatable bonds is 13. The van der Waals surface area contributed by atoms with Crippen LogP contribution in [0.1, 0.15) is 52.8 Å². The molecule has 0 amide bonds. The Labute approximate surface area is 388 Å². The predicted molar refractivity (Wildman–Crippen MR) is 248 cm³/mol. The van der Waals surface area contributed by atoms with E-state index < -0.39 is 59.2 Å². The molecule has 10 rings (SSSR count). The van der Waals surface area contributed by atoms with Gasteiger partial charge in [-0.2, -0.15) is 0 Å². The summed E-state index contributed by atoms with van der Waals surface area (Å²) in [4.78, 5) is 26.0. The molecule has 4 aromatic rings. The molecule has 2 bridgehead atoms. The lowest BCUT2D eigenvalue weighted by Gasteiger charge is -2.59. The monoisotopic (exact) mass is 922 g/mol. The van der Waals surface area contributed by atoms with Crippen LogP contribution in [-0.2, 0) is 29.0 Å². The highest BCUT2D eigenvalue weighted by molar-refractivity contribution is 6.14. The van der Waals surface area contributed by atoms with E-state index in [9.17, 15) is 40.5 Å². The zero-order valence-corrected chi connectivity index (χ0v) is 36.4. The number of fused-ring (bicyclic) bond motifs is 5. The normalized spacial score (nSPS) is 26.4. The lowest BCUT2D eigenvalue weighted by atomic mass is 9.57. The number of carbonyl (C=O) groups is 1. The maximum Gasteiger partial charge on any atom is 0.336 e. The number of aromatic hydroxyl groups is 2. The van der Waals surface area contributed by atoms with Crippen molar-refractivity contribution < 1.29 is 64.2 Å². The summed E-state index contributed by atoms with van der Waals surface area (Å²) in [7, 11) is 0. The zero-order valence-electron chi connectivity index (χ0n) is 36.4. The molecule has 0 saturated carbocycles. The van der Waals surface area contributed by atoms with Gasteiger partial charge in [0.15, 0.2) is 23.2 Å². The van der Waals surface area contributed by atoms with Crippen LogP contribution in [0.5, 0.6) is 34.5 Å². The van der Waals surface area contributed by atoms with Crippen molar-refractivity contribution >= 4 is 41.4 Å². The van der Waals surface area contributed by atoms with Gasteiger partial charge in [-0.15, -0.1) is 0 Å². The molecule has 1 saturated heterocycles. The number of hydrogen-bond donors (Lipinski definition) is 8. The summed E-state index contributed by atoms with van der Waals surface area (Å²) in [6, 6.07) is 20.4. The van der Waals surface area contributed by atoms with E-state index in [1.54, 1.807) is 60.7 Å². The Bertz CT molecular complexity index is 2970. The number of nitrogens with one attached hydrogen (secondary N) is 1. The van der Waals surface area contributed by atoms with E-state index in [0.29, 0.717) is 41.9 Å². The maximum atomic E-state index is 13.3. The van der Waals surface area contributed by atoms with E-state index >= 15 is 0 Å². The largest absolute Gasteiger partial charge is 0.508 e. The molecule has 8 N–H and O–H groups in total. The molecule has 0 radical (unpaired) electrons. The Morgan fingerprint density at radius 3 is 2.49 bits per heavy atom. The smallest absolute Gasteiger partial charge is 0.336 e. The number of aliphatic hydroxyl groups is 4. The summed E-state index contributed by atoms with van der Waals surface area (Å²) in [5.41, 5.74) is -0.755. The van der Waals surface area contributed by atoms with Crippen LogP contribution in [0.25, 0.3) is 11.8 Å². The number of aryl methyl sites for hydroxylation is 1. The fraction of sp³-hybridized carbons (Fsp3) is 0.275. The van der Waals surface area contributed by atoms with Gasteiger partial charge >= 0.3 is 5.97 Å². The lowest BCUT2D eigenvalue weighted by Crippen LogP contribution is -2.80. The molecule has 2 aliphatic carbocycles. The van der Waals surface area contributed by atoms with Gasteiger partial charge in [-0.1, -0.05) is 61.5 Å². The number of nitrogens with zero attached hydrogens (tertiary/aromatic N) is 3. The minimum absolute atomic E-state index is 0.0111. The summed E-state index contributed by atoms with van der Waals surface area (Å²) < 4.78 is 31.1. The number of ether oxygens (including phenoxy) is 5. The van der Waals surface area contributed by atoms with Crippen molar-refractivity contribution in [1.82, 2.24) is 0 Å². The number of hydrogen-bond acceptors (Lipinski definition) is 15. The molecular formula is C51H46N4O13. The van der Waals surface area contributed by atoms with Crippen molar-refractivity contribution in [1.29, 1.82) is 5.41 Å². The van der Waals surface area contributed by atoms with Gasteiger partial charge < -0.3 is 59.4 Å². The van der Waals surface area contributed by atoms with Gasteiger partial charge in [0.2, 0.25) is 12.0 Å². The van der Waals surface area contributed by atoms with Gasteiger partial charge in [-0.25, -0.2) is 14.8 Å². The number of amidine groups is 1. The highest BCUT2D eigenvalue weighted by Crippen LogP contribution is 2.57. The molecule has 1 unspecified atom stereocenters. The maximum absolute atomic E-state index is 13.3. The number of benzene rings is 4. The Morgan fingerprint density at radius 1 is 0.956 bits per heavy atom. The molecule has 1 fully saturated rings. The summed E-state index contributed by atoms with van der Waals surface area (Å²) in [5.74, 6) is -4.19. The van der Waals surface area contributed by atoms with Crippen molar-refractivity contribution in [3.63, 3.8) is 0 Å². The Kier molecular flexibility index (Phi) is 11.2. The van der Waals surface area contributed by atoms with Crippen LogP contribution in [0.15, 0.2) is 123 Å². The van der Waals surface area contributed by atoms with Crippen LogP contribution in [0.2, 0.25) is 0 Å². The van der Waals surface area contributed by atoms with E-state index in [2.05, 4.69) is 15.0 Å². The highest BCUT2D eigenvalue weighted by Gasteiger charge is 2.73. The molecule has 7 atom stereocenters. The van der Waals surface area contributed by atoms with Crippen LogP contribution in [0, 0.1) is 11.3 Å². The van der Waals surface area contributed by atoms with Crippen molar-refractivity contribution in [2.45, 2.75) is 68.6 Å². The molecule has 6 aliphatic rings. The fourth-order valence-corrected chi connectivity index (χ4v) is 9.81. The number of phenolic OH excluding ortho intramolecular Hbond substituents is 2. The van der Waals surface area contributed by atoms with Crippen molar-refractivity contribution in [3.8, 4) is 34.5 Å². The molecule has 17 nitrogen and oxygen atoms in total. The Hall–Kier alpha value is -7.57. The molecule has 4 aromatic carbocycles. The van der Waals surface area contributed by atoms with Gasteiger partial charge in [0.05, 0.1) is 24.8 Å². The van der Waals surface area contributed by atoms with Gasteiger partial charge in [0, 0.05) is 24.3 Å². The number of carboxylic acid groups (broad SMARTS) is 1. The van der Waals surface area contributed by atoms with Crippen molar-refractivity contribution in [2.75, 3.05) is 13.2 Å². The standard InChI is InChI=1S/C51H46N4O13/c1-2-26-17-27(19-32(56)18-26)24-65-45-40(22-39-42(44(45)58)37(57)21-38(66-39)29-7-11-33(12-8-29)64-16-15-31-10-14-41(52)55-31)67-49-50(62)35-13-9-28-5-3-4-6-30(28)20-34(35)43(36-23-53-25-54-36)51(63,48(50)61)46(68-49)47(59)60/h3-14,17-19,21-22,25,38,43,46,48-49,52,56-58,61-63H,2,15-16,20,23-24H2,1H3,(H,59,60)/t38?,43-,46+,48-,49+,50+,51-/m0/s1. The molecule has 348 valence electrons. The van der Waals surface area contributed by atoms with Crippen LogP contribution in [0.4, 0.5) is 0 Å². The van der Waals surface area contributed by atoms with E-state index in [1.807, 2.05) is 31.2 Å². The first-order chi connectivity index (χ1) is 32.8. The van der Waals surface area contributed by atoms with E-state index in [-0.39, 0.29) is 65.3 Å². The molecule has 4 heterocycles. The average molecular weight is 923 g/mol. The fourth-order valence-electron chi connectivity index (χ4n) is 9.81. The quantitative estimate of drug-likeness (QED) is 0.0799. The Morgan fingerprint density at radius 2 is 1.75 bits per heavy atom. The van der Waals surface area contributed by atoms with Crippen LogP contribution in [-0.4, -0.2) is 108 Å². The van der Waals surface area contributed by atoms with Gasteiger partial charge in [0.25, 0.3) is 0 Å². The SMILES string of the molecule is CCc1cc(O)cc(COc2c(O[C@@H]3O[C@H](C(=O)O)[C@@]4(O)[C@H](C5=NC=NC5)C5=C(C=Cc6ccccc6C5)[C@@]3(O)[C@@H]4O)cc3c(c2O)C(O)=CC(c2ccc(OCCC4=NC(=N)C=C4)cc2)O3)c1. The predicted octanol–water partition coefficient (Wildman–Crippen LogP) is 5.72. The second-order valence-electron chi connectivity index (χ2n) is 17.2. The Balaban J connectivity index is 1.05. The number of allylic oxidation sites excluding steroid dienone is 1. The molecule has 4 aliphatic heterocycles. The average Bonchev–Trinajstić information content (AvgIpc) is 3.96. The number of aliphatic imine (C=N–C) groups is 3. The second-order valence-corrected chi connectivity index (χ2v) is 17.2. The topological polar surface area (TPSA) is 266 Å². The summed E-state index contributed by atoms with van der Waals surface area (Å²) in [6.07, 6.45) is 2.98. The molecular weight excluding hydrogens is 877 g/mol. The number of aliphatic hydroxyl groups excluding tert-OH is 2. The second kappa shape index (κ2) is 17.3. The molecule has 0 spiro atoms. The summed E-state index contributed by atoms with van der Waals surface area (Å²) in [5, 5.41) is 90.8. The van der Waals surface area contributed by atoms with Gasteiger partial charge in [-0.05, 0) is 88.2 Å². The third-order valence-electron chi connectivity index (χ3n) is 13.1. The molecule has 17 heteroatoms. The van der Waals surface area contributed by atoms with Crippen LogP contribution < -0.4 is 18.9 Å². The van der Waals surface area contributed by atoms with E-state index in [1.165, 1.54) is 24.5 Å². The van der Waals surface area contributed by atoms with Crippen LogP contribution >= 0.6 is 0 Å². The lowest BCUT2D eigenvalue weighted by molar-refractivity contribution is -0.341. The van der Waals surface area contributed by atoms with E-state index in [0.717, 1.165) is 22.4 Å².